The van der Waals surface area contributed by atoms with Gasteiger partial charge >= 0.3 is 0 Å². The van der Waals surface area contributed by atoms with Crippen molar-refractivity contribution >= 4 is 9.84 Å². The van der Waals surface area contributed by atoms with Crippen molar-refractivity contribution in [1.29, 1.82) is 0 Å². The Balaban J connectivity index is 1.68. The van der Waals surface area contributed by atoms with Crippen LogP contribution in [-0.2, 0) is 25.7 Å². The van der Waals surface area contributed by atoms with E-state index in [2.05, 4.69) is 6.92 Å². The van der Waals surface area contributed by atoms with E-state index in [-0.39, 0.29) is 10.6 Å². The van der Waals surface area contributed by atoms with E-state index in [1.807, 2.05) is 18.2 Å². The monoisotopic (exact) mass is 392 g/mol. The Morgan fingerprint density at radius 3 is 2.37 bits per heavy atom. The van der Waals surface area contributed by atoms with E-state index in [1.165, 1.54) is 0 Å². The number of hydrogen-bond acceptors (Lipinski definition) is 6. The molecule has 1 aliphatic rings. The lowest BCUT2D eigenvalue weighted by atomic mass is 10.1. The number of sulfone groups is 1. The Bertz CT molecular complexity index is 855. The van der Waals surface area contributed by atoms with Crippen molar-refractivity contribution in [1.82, 2.24) is 0 Å². The third-order valence-electron chi connectivity index (χ3n) is 4.36. The van der Waals surface area contributed by atoms with Gasteiger partial charge in [0.2, 0.25) is 0 Å². The summed E-state index contributed by atoms with van der Waals surface area (Å²) in [4.78, 5) is 0.251. The standard InChI is InChI=1S/C20H24O6S/c1-3-15-4-9-18(19(14-15)23-2)26-16-5-7-17(8-6-16)27(21,22)13-10-20-24-11-12-25-20/h4-9,14,20H,3,10-13H2,1-2H3. The maximum absolute atomic E-state index is 12.5. The molecule has 0 spiro atoms. The van der Waals surface area contributed by atoms with E-state index < -0.39 is 16.1 Å². The highest BCUT2D eigenvalue weighted by atomic mass is 32.2. The topological polar surface area (TPSA) is 71.1 Å². The molecular weight excluding hydrogens is 368 g/mol. The molecule has 0 N–H and O–H groups in total. The predicted octanol–water partition coefficient (Wildman–Crippen LogP) is 3.59. The second kappa shape index (κ2) is 8.73. The van der Waals surface area contributed by atoms with Gasteiger partial charge in [-0.1, -0.05) is 13.0 Å². The van der Waals surface area contributed by atoms with E-state index in [1.54, 1.807) is 31.4 Å². The van der Waals surface area contributed by atoms with E-state index in [9.17, 15) is 8.42 Å². The van der Waals surface area contributed by atoms with Gasteiger partial charge in [0.1, 0.15) is 5.75 Å². The second-order valence-electron chi connectivity index (χ2n) is 6.19. The zero-order valence-corrected chi connectivity index (χ0v) is 16.3. The van der Waals surface area contributed by atoms with Crippen LogP contribution in [0.25, 0.3) is 0 Å². The van der Waals surface area contributed by atoms with Gasteiger partial charge in [0.25, 0.3) is 0 Å². The van der Waals surface area contributed by atoms with Crippen molar-refractivity contribution in [2.45, 2.75) is 31.0 Å². The molecule has 0 bridgehead atoms. The minimum Gasteiger partial charge on any atom is -0.493 e. The summed E-state index contributed by atoms with van der Waals surface area (Å²) in [7, 11) is -1.81. The highest BCUT2D eigenvalue weighted by Crippen LogP contribution is 2.33. The molecule has 0 amide bonds. The van der Waals surface area contributed by atoms with Gasteiger partial charge in [0.05, 0.1) is 31.0 Å². The summed E-state index contributed by atoms with van der Waals surface area (Å²) in [5.41, 5.74) is 1.15. The number of hydrogen-bond donors (Lipinski definition) is 0. The largest absolute Gasteiger partial charge is 0.493 e. The fraction of sp³-hybridized carbons (Fsp3) is 0.400. The molecule has 6 nitrogen and oxygen atoms in total. The Morgan fingerprint density at radius 1 is 1.04 bits per heavy atom. The second-order valence-corrected chi connectivity index (χ2v) is 8.30. The molecule has 0 unspecified atom stereocenters. The summed E-state index contributed by atoms with van der Waals surface area (Å²) in [6, 6.07) is 12.1. The van der Waals surface area contributed by atoms with E-state index in [0.717, 1.165) is 12.0 Å². The van der Waals surface area contributed by atoms with Crippen LogP contribution in [0.3, 0.4) is 0 Å². The first kappa shape index (κ1) is 19.7. The first-order chi connectivity index (χ1) is 13.0. The SMILES string of the molecule is CCc1ccc(Oc2ccc(S(=O)(=O)CCC3OCCO3)cc2)c(OC)c1. The van der Waals surface area contributed by atoms with Crippen LogP contribution in [0.4, 0.5) is 0 Å². The third-order valence-corrected chi connectivity index (χ3v) is 6.12. The molecule has 0 aliphatic carbocycles. The van der Waals surface area contributed by atoms with Crippen molar-refractivity contribution < 1.29 is 27.4 Å². The molecule has 0 atom stereocenters. The highest BCUT2D eigenvalue weighted by molar-refractivity contribution is 7.91. The maximum Gasteiger partial charge on any atom is 0.178 e. The average Bonchev–Trinajstić information content (AvgIpc) is 3.21. The summed E-state index contributed by atoms with van der Waals surface area (Å²) >= 11 is 0. The zero-order chi connectivity index (χ0) is 19.3. The summed E-state index contributed by atoms with van der Waals surface area (Å²) in [6.45, 7) is 3.10. The first-order valence-electron chi connectivity index (χ1n) is 8.92. The fourth-order valence-electron chi connectivity index (χ4n) is 2.80. The molecule has 1 aliphatic heterocycles. The van der Waals surface area contributed by atoms with Gasteiger partial charge in [-0.25, -0.2) is 8.42 Å². The molecule has 7 heteroatoms. The van der Waals surface area contributed by atoms with Crippen molar-refractivity contribution in [3.8, 4) is 17.2 Å². The van der Waals surface area contributed by atoms with E-state index in [4.69, 9.17) is 18.9 Å². The summed E-state index contributed by atoms with van der Waals surface area (Å²) in [5.74, 6) is 1.74. The normalized spacial score (nSPS) is 15.0. The van der Waals surface area contributed by atoms with Crippen molar-refractivity contribution in [2.75, 3.05) is 26.1 Å². The van der Waals surface area contributed by atoms with Gasteiger partial charge in [-0.2, -0.15) is 0 Å². The zero-order valence-electron chi connectivity index (χ0n) is 15.5. The average molecular weight is 392 g/mol. The lowest BCUT2D eigenvalue weighted by molar-refractivity contribution is -0.0424. The van der Waals surface area contributed by atoms with Crippen LogP contribution >= 0.6 is 0 Å². The first-order valence-corrected chi connectivity index (χ1v) is 10.6. The maximum atomic E-state index is 12.5. The molecule has 0 saturated carbocycles. The smallest absolute Gasteiger partial charge is 0.178 e. The molecule has 1 heterocycles. The minimum atomic E-state index is -3.40. The predicted molar refractivity (Wildman–Crippen MR) is 101 cm³/mol. The Labute approximate surface area is 159 Å². The van der Waals surface area contributed by atoms with Crippen molar-refractivity contribution in [3.05, 3.63) is 48.0 Å². The number of aryl methyl sites for hydroxylation is 1. The lowest BCUT2D eigenvalue weighted by Gasteiger charge is -2.12. The Morgan fingerprint density at radius 2 is 1.74 bits per heavy atom. The highest BCUT2D eigenvalue weighted by Gasteiger charge is 2.21. The van der Waals surface area contributed by atoms with Gasteiger partial charge in [-0.15, -0.1) is 0 Å². The van der Waals surface area contributed by atoms with Crippen LogP contribution in [0.2, 0.25) is 0 Å². The van der Waals surface area contributed by atoms with Gasteiger partial charge in [-0.3, -0.25) is 0 Å². The Hall–Kier alpha value is -2.09. The number of ether oxygens (including phenoxy) is 4. The fourth-order valence-corrected chi connectivity index (χ4v) is 4.09. The molecule has 0 aromatic heterocycles. The minimum absolute atomic E-state index is 0.0236. The van der Waals surface area contributed by atoms with Crippen LogP contribution in [0, 0.1) is 0 Å². The molecule has 3 rings (SSSR count). The van der Waals surface area contributed by atoms with Crippen molar-refractivity contribution in [2.24, 2.45) is 0 Å². The quantitative estimate of drug-likeness (QED) is 0.684. The number of benzene rings is 2. The summed E-state index contributed by atoms with van der Waals surface area (Å²) in [5, 5.41) is 0. The van der Waals surface area contributed by atoms with Gasteiger partial charge in [0.15, 0.2) is 27.6 Å². The molecule has 1 saturated heterocycles. The Kier molecular flexibility index (Phi) is 6.36. The molecule has 27 heavy (non-hydrogen) atoms. The lowest BCUT2D eigenvalue weighted by Crippen LogP contribution is -2.15. The summed E-state index contributed by atoms with van der Waals surface area (Å²) in [6.07, 6.45) is 0.794. The molecule has 1 fully saturated rings. The van der Waals surface area contributed by atoms with Gasteiger partial charge in [-0.05, 0) is 48.4 Å². The van der Waals surface area contributed by atoms with E-state index in [0.29, 0.717) is 36.9 Å². The molecular formula is C20H24O6S. The van der Waals surface area contributed by atoms with Gasteiger partial charge in [0, 0.05) is 6.42 Å². The van der Waals surface area contributed by atoms with Crippen LogP contribution in [0.1, 0.15) is 18.9 Å². The molecule has 146 valence electrons. The molecule has 0 radical (unpaired) electrons. The third kappa shape index (κ3) is 5.00. The van der Waals surface area contributed by atoms with E-state index >= 15 is 0 Å². The number of rotatable bonds is 8. The van der Waals surface area contributed by atoms with Crippen molar-refractivity contribution in [3.63, 3.8) is 0 Å². The molecule has 2 aromatic rings. The van der Waals surface area contributed by atoms with Crippen LogP contribution in [0.5, 0.6) is 17.2 Å². The summed E-state index contributed by atoms with van der Waals surface area (Å²) < 4.78 is 46.7. The van der Waals surface area contributed by atoms with Crippen LogP contribution in [-0.4, -0.2) is 40.8 Å². The number of methoxy groups -OCH3 is 1. The van der Waals surface area contributed by atoms with Gasteiger partial charge < -0.3 is 18.9 Å². The van der Waals surface area contributed by atoms with Crippen LogP contribution < -0.4 is 9.47 Å². The van der Waals surface area contributed by atoms with Crippen LogP contribution in [0.15, 0.2) is 47.4 Å². The molecule has 2 aromatic carbocycles.